The fourth-order valence-corrected chi connectivity index (χ4v) is 3.16. The number of amidine groups is 1. The Morgan fingerprint density at radius 2 is 1.83 bits per heavy atom. The van der Waals surface area contributed by atoms with Crippen molar-refractivity contribution in [2.24, 2.45) is 10.7 Å². The minimum Gasteiger partial charge on any atom is -0.453 e. The average molecular weight is 464 g/mol. The summed E-state index contributed by atoms with van der Waals surface area (Å²) in [5.41, 5.74) is 0.697. The van der Waals surface area contributed by atoms with Crippen molar-refractivity contribution in [1.82, 2.24) is 10.2 Å². The number of carbonyl (C=O) groups excluding carboxylic acids is 1. The largest absolute Gasteiger partial charge is 0.453 e. The van der Waals surface area contributed by atoms with Gasteiger partial charge in [-0.05, 0) is 51.1 Å². The van der Waals surface area contributed by atoms with Crippen LogP contribution in [0.2, 0.25) is 5.15 Å². The maximum absolute atomic E-state index is 15.2. The van der Waals surface area contributed by atoms with Crippen LogP contribution in [0.15, 0.2) is 35.3 Å². The summed E-state index contributed by atoms with van der Waals surface area (Å²) in [7, 11) is 0. The van der Waals surface area contributed by atoms with Gasteiger partial charge in [0, 0.05) is 11.3 Å². The summed E-state index contributed by atoms with van der Waals surface area (Å²) < 4.78 is 49.9. The summed E-state index contributed by atoms with van der Waals surface area (Å²) >= 11 is 5.63. The molecule has 0 radical (unpaired) electrons. The summed E-state index contributed by atoms with van der Waals surface area (Å²) in [6.45, 7) is 3.32. The Kier molecular flexibility index (Phi) is 6.25. The number of hydrogen-bond acceptors (Lipinski definition) is 6. The molecule has 30 heavy (non-hydrogen) atoms. The van der Waals surface area contributed by atoms with Crippen LogP contribution in [0.1, 0.15) is 36.8 Å². The quantitative estimate of drug-likeness (QED) is 0.717. The van der Waals surface area contributed by atoms with Crippen LogP contribution in [0.5, 0.6) is 0 Å². The first-order valence-corrected chi connectivity index (χ1v) is 8.78. The Labute approximate surface area is 181 Å². The minimum absolute atomic E-state index is 0. The van der Waals surface area contributed by atoms with Gasteiger partial charge in [-0.15, -0.1) is 22.6 Å². The topological polar surface area (TPSA) is 102 Å². The van der Waals surface area contributed by atoms with E-state index in [0.29, 0.717) is 0 Å². The van der Waals surface area contributed by atoms with Crippen molar-refractivity contribution in [2.45, 2.75) is 37.8 Å². The number of nitrogens with two attached hydrogens (primary N) is 1. The number of anilines is 1. The van der Waals surface area contributed by atoms with Crippen LogP contribution in [-0.4, -0.2) is 33.6 Å². The number of halogens is 5. The number of carbonyl (C=O) groups is 1. The molecule has 2 aromatic rings. The second-order valence-corrected chi connectivity index (χ2v) is 7.49. The number of rotatable bonds is 3. The summed E-state index contributed by atoms with van der Waals surface area (Å²) in [5.74, 6) is -5.25. The standard InChI is InChI=1S/C18H17ClF3N5O2.ClH/c1-16(2)18(21,22)17(3,25-15(23)29-16)10-8-9(4-5-11(10)20)24-14(28)12-6-7-13(19)27-26-12;/h4-8H,1-3H3,(H2,23,25)(H,24,28);1H. The van der Waals surface area contributed by atoms with Gasteiger partial charge in [0.15, 0.2) is 22.0 Å². The van der Waals surface area contributed by atoms with Crippen molar-refractivity contribution in [1.29, 1.82) is 0 Å². The molecule has 3 N–H and O–H groups in total. The van der Waals surface area contributed by atoms with E-state index in [1.165, 1.54) is 18.2 Å². The van der Waals surface area contributed by atoms with Crippen molar-refractivity contribution in [3.8, 4) is 0 Å². The minimum atomic E-state index is -3.63. The lowest BCUT2D eigenvalue weighted by Crippen LogP contribution is -2.62. The molecule has 2 heterocycles. The van der Waals surface area contributed by atoms with E-state index in [1.807, 2.05) is 0 Å². The fraction of sp³-hybridized carbons (Fsp3) is 0.333. The molecular formula is C18H18Cl2F3N5O2. The van der Waals surface area contributed by atoms with Gasteiger partial charge in [-0.3, -0.25) is 4.79 Å². The first kappa shape index (κ1) is 23.7. The van der Waals surface area contributed by atoms with Gasteiger partial charge < -0.3 is 15.8 Å². The summed E-state index contributed by atoms with van der Waals surface area (Å²) in [4.78, 5) is 16.0. The molecular weight excluding hydrogens is 446 g/mol. The van der Waals surface area contributed by atoms with Crippen LogP contribution in [-0.2, 0) is 10.3 Å². The van der Waals surface area contributed by atoms with Gasteiger partial charge in [0.1, 0.15) is 5.82 Å². The van der Waals surface area contributed by atoms with Crippen LogP contribution in [0.4, 0.5) is 18.9 Å². The summed E-state index contributed by atoms with van der Waals surface area (Å²) in [6.07, 6.45) is 0. The Morgan fingerprint density at radius 1 is 1.17 bits per heavy atom. The van der Waals surface area contributed by atoms with E-state index in [0.717, 1.165) is 32.9 Å². The van der Waals surface area contributed by atoms with E-state index in [1.54, 1.807) is 0 Å². The van der Waals surface area contributed by atoms with Gasteiger partial charge in [-0.1, -0.05) is 11.6 Å². The van der Waals surface area contributed by atoms with E-state index in [2.05, 4.69) is 20.5 Å². The van der Waals surface area contributed by atoms with Gasteiger partial charge in [-0.2, -0.15) is 8.78 Å². The molecule has 1 unspecified atom stereocenters. The molecule has 0 saturated carbocycles. The number of amides is 1. The lowest BCUT2D eigenvalue weighted by Gasteiger charge is -2.46. The molecule has 1 aliphatic heterocycles. The first-order valence-electron chi connectivity index (χ1n) is 8.40. The van der Waals surface area contributed by atoms with E-state index in [9.17, 15) is 9.18 Å². The number of hydrogen-bond donors (Lipinski definition) is 2. The van der Waals surface area contributed by atoms with Crippen molar-refractivity contribution in [2.75, 3.05) is 5.32 Å². The lowest BCUT2D eigenvalue weighted by atomic mass is 9.77. The molecule has 7 nitrogen and oxygen atoms in total. The maximum atomic E-state index is 15.2. The number of nitrogens with zero attached hydrogens (tertiary/aromatic N) is 3. The van der Waals surface area contributed by atoms with Crippen molar-refractivity contribution in [3.05, 3.63) is 52.6 Å². The lowest BCUT2D eigenvalue weighted by molar-refractivity contribution is -0.207. The highest BCUT2D eigenvalue weighted by atomic mass is 35.5. The van der Waals surface area contributed by atoms with Gasteiger partial charge >= 0.3 is 5.92 Å². The molecule has 1 atom stereocenters. The summed E-state index contributed by atoms with van der Waals surface area (Å²) in [6, 6.07) is 5.45. The smallest absolute Gasteiger partial charge is 0.315 e. The highest BCUT2D eigenvalue weighted by molar-refractivity contribution is 6.29. The van der Waals surface area contributed by atoms with E-state index >= 15 is 8.78 Å². The Balaban J connectivity index is 0.00000320. The zero-order valence-electron chi connectivity index (χ0n) is 16.0. The normalized spacial score (nSPS) is 21.6. The van der Waals surface area contributed by atoms with Crippen LogP contribution < -0.4 is 11.1 Å². The molecule has 1 aromatic carbocycles. The van der Waals surface area contributed by atoms with E-state index in [-0.39, 0.29) is 28.9 Å². The molecule has 0 aliphatic carbocycles. The van der Waals surface area contributed by atoms with Crippen LogP contribution in [0.25, 0.3) is 0 Å². The number of aliphatic imine (C=N–C) groups is 1. The van der Waals surface area contributed by atoms with Crippen molar-refractivity contribution < 1.29 is 22.7 Å². The van der Waals surface area contributed by atoms with Gasteiger partial charge in [-0.25, -0.2) is 9.38 Å². The molecule has 0 spiro atoms. The average Bonchev–Trinajstić information content (AvgIpc) is 2.61. The van der Waals surface area contributed by atoms with Gasteiger partial charge in [0.2, 0.25) is 0 Å². The second-order valence-electron chi connectivity index (χ2n) is 7.10. The predicted molar refractivity (Wildman–Crippen MR) is 108 cm³/mol. The SMILES string of the molecule is CC1(C)OC(N)=NC(C)(c2cc(NC(=O)c3ccc(Cl)nn3)ccc2F)C1(F)F.Cl. The van der Waals surface area contributed by atoms with Gasteiger partial charge in [0.25, 0.3) is 11.9 Å². The zero-order valence-corrected chi connectivity index (χ0v) is 17.6. The molecule has 1 amide bonds. The number of benzene rings is 1. The van der Waals surface area contributed by atoms with Crippen LogP contribution in [0.3, 0.4) is 0 Å². The number of ether oxygens (including phenoxy) is 1. The number of aromatic nitrogens is 2. The van der Waals surface area contributed by atoms with E-state index in [4.69, 9.17) is 22.1 Å². The third-order valence-electron chi connectivity index (χ3n) is 4.67. The molecule has 1 aromatic heterocycles. The van der Waals surface area contributed by atoms with Crippen molar-refractivity contribution >= 4 is 41.6 Å². The second kappa shape index (κ2) is 7.92. The third-order valence-corrected chi connectivity index (χ3v) is 4.88. The molecule has 162 valence electrons. The maximum Gasteiger partial charge on any atom is 0.315 e. The summed E-state index contributed by atoms with van der Waals surface area (Å²) in [5, 5.41) is 9.73. The first-order chi connectivity index (χ1) is 13.4. The van der Waals surface area contributed by atoms with E-state index < -0.39 is 40.4 Å². The number of nitrogens with one attached hydrogen (secondary N) is 1. The molecule has 0 bridgehead atoms. The highest BCUT2D eigenvalue weighted by Crippen LogP contribution is 2.51. The monoisotopic (exact) mass is 463 g/mol. The molecule has 3 rings (SSSR count). The molecule has 0 saturated heterocycles. The Hall–Kier alpha value is -2.59. The predicted octanol–water partition coefficient (Wildman–Crippen LogP) is 3.92. The molecule has 0 fully saturated rings. The Morgan fingerprint density at radius 3 is 2.43 bits per heavy atom. The number of alkyl halides is 2. The van der Waals surface area contributed by atoms with Gasteiger partial charge in [0.05, 0.1) is 0 Å². The van der Waals surface area contributed by atoms with Crippen molar-refractivity contribution in [3.63, 3.8) is 0 Å². The highest BCUT2D eigenvalue weighted by Gasteiger charge is 2.66. The molecule has 12 heteroatoms. The fourth-order valence-electron chi connectivity index (χ4n) is 3.06. The molecule has 1 aliphatic rings. The third kappa shape index (κ3) is 3.89. The van der Waals surface area contributed by atoms with Crippen LogP contribution in [0, 0.1) is 5.82 Å². The van der Waals surface area contributed by atoms with Crippen LogP contribution >= 0.6 is 24.0 Å². The zero-order chi connectivity index (χ0) is 21.6. The Bertz CT molecular complexity index is 1000.